The lowest BCUT2D eigenvalue weighted by Gasteiger charge is -2.45. The Morgan fingerprint density at radius 2 is 1.81 bits per heavy atom. The molecule has 0 bridgehead atoms. The standard InChI is InChI=1S/C17H32N2O.ClH/c1-16(2)10-14(11-17(3,4)12-16)19-15(20)8-7-13-6-5-9-18-13;/h13-14,18H,5-12H2,1-4H3,(H,19,20);1H. The molecule has 4 heteroatoms. The molecule has 1 aliphatic carbocycles. The van der Waals surface area contributed by atoms with Gasteiger partial charge in [-0.1, -0.05) is 27.7 Å². The lowest BCUT2D eigenvalue weighted by atomic mass is 9.63. The number of carbonyl (C=O) groups excluding carboxylic acids is 1. The maximum Gasteiger partial charge on any atom is 0.220 e. The topological polar surface area (TPSA) is 41.1 Å². The third-order valence-electron chi connectivity index (χ3n) is 4.80. The molecule has 1 saturated heterocycles. The maximum atomic E-state index is 12.2. The van der Waals surface area contributed by atoms with Crippen LogP contribution in [0.1, 0.15) is 72.6 Å². The molecule has 1 aliphatic heterocycles. The van der Waals surface area contributed by atoms with Gasteiger partial charge in [0.15, 0.2) is 0 Å². The average molecular weight is 317 g/mol. The van der Waals surface area contributed by atoms with Gasteiger partial charge in [-0.2, -0.15) is 0 Å². The number of rotatable bonds is 4. The highest BCUT2D eigenvalue weighted by atomic mass is 35.5. The quantitative estimate of drug-likeness (QED) is 0.831. The van der Waals surface area contributed by atoms with Crippen LogP contribution in [0, 0.1) is 10.8 Å². The van der Waals surface area contributed by atoms with Gasteiger partial charge in [-0.25, -0.2) is 0 Å². The molecule has 0 aromatic heterocycles. The number of hydrogen-bond donors (Lipinski definition) is 2. The van der Waals surface area contributed by atoms with E-state index < -0.39 is 0 Å². The summed E-state index contributed by atoms with van der Waals surface area (Å²) in [6.07, 6.45) is 7.64. The number of hydrogen-bond acceptors (Lipinski definition) is 2. The van der Waals surface area contributed by atoms with Gasteiger partial charge in [0.2, 0.25) is 5.91 Å². The van der Waals surface area contributed by atoms with E-state index in [1.807, 2.05) is 0 Å². The van der Waals surface area contributed by atoms with Crippen LogP contribution in [0.4, 0.5) is 0 Å². The molecule has 1 unspecified atom stereocenters. The second kappa shape index (κ2) is 7.32. The van der Waals surface area contributed by atoms with Crippen LogP contribution in [0.25, 0.3) is 0 Å². The van der Waals surface area contributed by atoms with Crippen molar-refractivity contribution >= 4 is 18.3 Å². The molecule has 0 aromatic rings. The summed E-state index contributed by atoms with van der Waals surface area (Å²) in [6, 6.07) is 0.928. The zero-order valence-electron chi connectivity index (χ0n) is 14.1. The van der Waals surface area contributed by atoms with Gasteiger partial charge in [0.05, 0.1) is 0 Å². The van der Waals surface area contributed by atoms with E-state index in [-0.39, 0.29) is 18.3 Å². The van der Waals surface area contributed by atoms with E-state index in [0.717, 1.165) is 25.8 Å². The van der Waals surface area contributed by atoms with Gasteiger partial charge in [-0.3, -0.25) is 4.79 Å². The number of halogens is 1. The smallest absolute Gasteiger partial charge is 0.220 e. The molecule has 1 amide bonds. The predicted octanol–water partition coefficient (Wildman–Crippen LogP) is 3.66. The minimum Gasteiger partial charge on any atom is -0.353 e. The van der Waals surface area contributed by atoms with Gasteiger partial charge in [0.1, 0.15) is 0 Å². The Morgan fingerprint density at radius 1 is 1.19 bits per heavy atom. The molecule has 3 nitrogen and oxygen atoms in total. The van der Waals surface area contributed by atoms with E-state index in [2.05, 4.69) is 38.3 Å². The molecule has 1 saturated carbocycles. The van der Waals surface area contributed by atoms with Crippen molar-refractivity contribution in [2.75, 3.05) is 6.54 Å². The number of amides is 1. The van der Waals surface area contributed by atoms with Gasteiger partial charge >= 0.3 is 0 Å². The summed E-state index contributed by atoms with van der Waals surface area (Å²) in [6.45, 7) is 10.4. The third-order valence-corrected chi connectivity index (χ3v) is 4.80. The maximum absolute atomic E-state index is 12.2. The lowest BCUT2D eigenvalue weighted by Crippen LogP contribution is -2.46. The van der Waals surface area contributed by atoms with Crippen molar-refractivity contribution < 1.29 is 4.79 Å². The van der Waals surface area contributed by atoms with Crippen molar-refractivity contribution in [3.05, 3.63) is 0 Å². The SMILES string of the molecule is CC1(C)CC(NC(=O)CCC2CCCN2)CC(C)(C)C1.Cl. The minimum atomic E-state index is 0. The molecule has 1 atom stereocenters. The summed E-state index contributed by atoms with van der Waals surface area (Å²) >= 11 is 0. The van der Waals surface area contributed by atoms with E-state index in [9.17, 15) is 4.79 Å². The monoisotopic (exact) mass is 316 g/mol. The lowest BCUT2D eigenvalue weighted by molar-refractivity contribution is -0.122. The van der Waals surface area contributed by atoms with Gasteiger partial charge in [0, 0.05) is 18.5 Å². The third kappa shape index (κ3) is 6.15. The molecule has 1 heterocycles. The average Bonchev–Trinajstić information content (AvgIpc) is 2.74. The predicted molar refractivity (Wildman–Crippen MR) is 90.9 cm³/mol. The van der Waals surface area contributed by atoms with Crippen LogP contribution in [-0.4, -0.2) is 24.5 Å². The molecule has 0 aromatic carbocycles. The van der Waals surface area contributed by atoms with E-state index in [1.54, 1.807) is 0 Å². The second-order valence-corrected chi connectivity index (χ2v) is 8.51. The fourth-order valence-corrected chi connectivity index (χ4v) is 4.56. The van der Waals surface area contributed by atoms with Gasteiger partial charge < -0.3 is 10.6 Å². The summed E-state index contributed by atoms with van der Waals surface area (Å²) in [5.74, 6) is 0.247. The van der Waals surface area contributed by atoms with Crippen LogP contribution in [0.3, 0.4) is 0 Å². The molecule has 0 spiro atoms. The molecular formula is C17H33ClN2O. The first-order valence-corrected chi connectivity index (χ1v) is 8.29. The molecule has 0 radical (unpaired) electrons. The van der Waals surface area contributed by atoms with Crippen LogP contribution >= 0.6 is 12.4 Å². The fraction of sp³-hybridized carbons (Fsp3) is 0.941. The van der Waals surface area contributed by atoms with Crippen molar-refractivity contribution in [2.45, 2.75) is 84.7 Å². The Balaban J connectivity index is 0.00000220. The van der Waals surface area contributed by atoms with Crippen molar-refractivity contribution in [1.82, 2.24) is 10.6 Å². The van der Waals surface area contributed by atoms with Crippen LogP contribution < -0.4 is 10.6 Å². The second-order valence-electron chi connectivity index (χ2n) is 8.51. The van der Waals surface area contributed by atoms with E-state index in [1.165, 1.54) is 19.3 Å². The summed E-state index contributed by atoms with van der Waals surface area (Å²) in [7, 11) is 0. The summed E-state index contributed by atoms with van der Waals surface area (Å²) in [5.41, 5.74) is 0.680. The van der Waals surface area contributed by atoms with E-state index in [0.29, 0.717) is 29.3 Å². The first-order valence-electron chi connectivity index (χ1n) is 8.29. The van der Waals surface area contributed by atoms with Crippen LogP contribution in [0.15, 0.2) is 0 Å². The van der Waals surface area contributed by atoms with Gasteiger partial charge in [-0.05, 0) is 55.9 Å². The van der Waals surface area contributed by atoms with Crippen molar-refractivity contribution in [1.29, 1.82) is 0 Å². The van der Waals surface area contributed by atoms with E-state index in [4.69, 9.17) is 0 Å². The largest absolute Gasteiger partial charge is 0.353 e. The first kappa shape index (κ1) is 18.8. The highest BCUT2D eigenvalue weighted by Crippen LogP contribution is 2.45. The molecule has 2 fully saturated rings. The Morgan fingerprint density at radius 3 is 2.33 bits per heavy atom. The van der Waals surface area contributed by atoms with Crippen LogP contribution in [-0.2, 0) is 4.79 Å². The number of nitrogens with one attached hydrogen (secondary N) is 2. The highest BCUT2D eigenvalue weighted by molar-refractivity contribution is 5.85. The zero-order chi connectivity index (χ0) is 14.8. The molecule has 2 N–H and O–H groups in total. The van der Waals surface area contributed by atoms with Crippen LogP contribution in [0.5, 0.6) is 0 Å². The van der Waals surface area contributed by atoms with Gasteiger partial charge in [-0.15, -0.1) is 12.4 Å². The first-order chi connectivity index (χ1) is 9.26. The van der Waals surface area contributed by atoms with E-state index >= 15 is 0 Å². The molecule has 21 heavy (non-hydrogen) atoms. The van der Waals surface area contributed by atoms with Crippen molar-refractivity contribution in [2.24, 2.45) is 10.8 Å². The van der Waals surface area contributed by atoms with Crippen molar-refractivity contribution in [3.8, 4) is 0 Å². The Kier molecular flexibility index (Phi) is 6.54. The Hall–Kier alpha value is -0.280. The molecular weight excluding hydrogens is 284 g/mol. The Labute approximate surface area is 136 Å². The van der Waals surface area contributed by atoms with Crippen LogP contribution in [0.2, 0.25) is 0 Å². The zero-order valence-corrected chi connectivity index (χ0v) is 14.9. The minimum absolute atomic E-state index is 0. The summed E-state index contributed by atoms with van der Waals surface area (Å²) < 4.78 is 0. The molecule has 2 rings (SSSR count). The highest BCUT2D eigenvalue weighted by Gasteiger charge is 2.38. The number of carbonyl (C=O) groups is 1. The van der Waals surface area contributed by atoms with Crippen molar-refractivity contribution in [3.63, 3.8) is 0 Å². The Bertz CT molecular complexity index is 333. The fourth-order valence-electron chi connectivity index (χ4n) is 4.56. The molecule has 124 valence electrons. The normalized spacial score (nSPS) is 27.9. The summed E-state index contributed by atoms with van der Waals surface area (Å²) in [5, 5.41) is 6.75. The van der Waals surface area contributed by atoms with Gasteiger partial charge in [0.25, 0.3) is 0 Å². The summed E-state index contributed by atoms with van der Waals surface area (Å²) in [4.78, 5) is 12.2. The molecule has 2 aliphatic rings.